The van der Waals surface area contributed by atoms with Crippen molar-refractivity contribution in [1.82, 2.24) is 5.32 Å². The van der Waals surface area contributed by atoms with E-state index in [9.17, 15) is 9.90 Å². The predicted molar refractivity (Wildman–Crippen MR) is 68.4 cm³/mol. The van der Waals surface area contributed by atoms with Crippen molar-refractivity contribution in [2.45, 2.75) is 52.0 Å². The van der Waals surface area contributed by atoms with Crippen molar-refractivity contribution in [3.63, 3.8) is 0 Å². The van der Waals surface area contributed by atoms with Crippen LogP contribution in [0.3, 0.4) is 0 Å². The van der Waals surface area contributed by atoms with Gasteiger partial charge in [-0.15, -0.1) is 0 Å². The molecule has 0 aliphatic heterocycles. The lowest BCUT2D eigenvalue weighted by Gasteiger charge is -2.27. The number of carbonyl (C=O) groups is 1. The van der Waals surface area contributed by atoms with Gasteiger partial charge in [-0.05, 0) is 25.2 Å². The lowest BCUT2D eigenvalue weighted by Crippen LogP contribution is -2.46. The summed E-state index contributed by atoms with van der Waals surface area (Å²) in [6, 6.07) is -0.424. The highest BCUT2D eigenvalue weighted by molar-refractivity contribution is 5.81. The topological polar surface area (TPSA) is 75.4 Å². The number of hydrogen-bond acceptors (Lipinski definition) is 3. The number of hydrogen-bond donors (Lipinski definition) is 3. The SMILES string of the molecule is CC(C)CC(N)C(=O)NCC1(CO)CCCC1. The number of aliphatic hydroxyl groups is 1. The highest BCUT2D eigenvalue weighted by Crippen LogP contribution is 2.36. The van der Waals surface area contributed by atoms with Crippen LogP contribution in [-0.2, 0) is 4.79 Å². The molecule has 1 unspecified atom stereocenters. The molecule has 0 radical (unpaired) electrons. The van der Waals surface area contributed by atoms with Gasteiger partial charge in [0.1, 0.15) is 0 Å². The van der Waals surface area contributed by atoms with Gasteiger partial charge < -0.3 is 16.2 Å². The molecular weight excluding hydrogens is 216 g/mol. The van der Waals surface area contributed by atoms with Crippen LogP contribution in [0.4, 0.5) is 0 Å². The summed E-state index contributed by atoms with van der Waals surface area (Å²) in [5.41, 5.74) is 5.72. The molecule has 0 bridgehead atoms. The van der Waals surface area contributed by atoms with E-state index >= 15 is 0 Å². The Balaban J connectivity index is 2.36. The Labute approximate surface area is 104 Å². The fourth-order valence-electron chi connectivity index (χ4n) is 2.54. The normalized spacial score (nSPS) is 20.5. The van der Waals surface area contributed by atoms with Gasteiger partial charge in [-0.1, -0.05) is 26.7 Å². The number of nitrogens with two attached hydrogens (primary N) is 1. The fourth-order valence-corrected chi connectivity index (χ4v) is 2.54. The second-order valence-electron chi connectivity index (χ2n) is 5.82. The molecule has 0 aromatic heterocycles. The smallest absolute Gasteiger partial charge is 0.236 e. The van der Waals surface area contributed by atoms with Crippen LogP contribution in [0.15, 0.2) is 0 Å². The largest absolute Gasteiger partial charge is 0.396 e. The van der Waals surface area contributed by atoms with Crippen molar-refractivity contribution in [3.8, 4) is 0 Å². The zero-order valence-corrected chi connectivity index (χ0v) is 11.0. The Hall–Kier alpha value is -0.610. The first-order valence-electron chi connectivity index (χ1n) is 6.63. The fraction of sp³-hybridized carbons (Fsp3) is 0.923. The number of amides is 1. The minimum absolute atomic E-state index is 0.0848. The van der Waals surface area contributed by atoms with Gasteiger partial charge in [0, 0.05) is 12.0 Å². The van der Waals surface area contributed by atoms with Gasteiger partial charge >= 0.3 is 0 Å². The molecule has 1 amide bonds. The highest BCUT2D eigenvalue weighted by Gasteiger charge is 2.33. The predicted octanol–water partition coefficient (Wildman–Crippen LogP) is 1.03. The zero-order chi connectivity index (χ0) is 12.9. The zero-order valence-electron chi connectivity index (χ0n) is 11.0. The maximum absolute atomic E-state index is 11.8. The first kappa shape index (κ1) is 14.5. The van der Waals surface area contributed by atoms with Gasteiger partial charge in [0.15, 0.2) is 0 Å². The monoisotopic (exact) mass is 242 g/mol. The van der Waals surface area contributed by atoms with Crippen LogP contribution in [0.2, 0.25) is 0 Å². The van der Waals surface area contributed by atoms with E-state index in [2.05, 4.69) is 19.2 Å². The summed E-state index contributed by atoms with van der Waals surface area (Å²) in [5, 5.41) is 12.3. The quantitative estimate of drug-likeness (QED) is 0.651. The minimum Gasteiger partial charge on any atom is -0.396 e. The lowest BCUT2D eigenvalue weighted by molar-refractivity contribution is -0.123. The van der Waals surface area contributed by atoms with Crippen molar-refractivity contribution < 1.29 is 9.90 Å². The van der Waals surface area contributed by atoms with E-state index < -0.39 is 6.04 Å². The van der Waals surface area contributed by atoms with Crippen LogP contribution >= 0.6 is 0 Å². The van der Waals surface area contributed by atoms with Crippen LogP contribution in [0.5, 0.6) is 0 Å². The molecule has 1 atom stereocenters. The van der Waals surface area contributed by atoms with E-state index in [0.717, 1.165) is 25.7 Å². The second-order valence-corrected chi connectivity index (χ2v) is 5.82. The number of aliphatic hydroxyl groups excluding tert-OH is 1. The lowest BCUT2D eigenvalue weighted by atomic mass is 9.87. The Morgan fingerprint density at radius 2 is 2.00 bits per heavy atom. The summed E-state index contributed by atoms with van der Waals surface area (Å²) < 4.78 is 0. The number of nitrogens with one attached hydrogen (secondary N) is 1. The summed E-state index contributed by atoms with van der Waals surface area (Å²) in [7, 11) is 0. The molecule has 0 aromatic rings. The maximum Gasteiger partial charge on any atom is 0.236 e. The van der Waals surface area contributed by atoms with Crippen LogP contribution < -0.4 is 11.1 Å². The van der Waals surface area contributed by atoms with Crippen LogP contribution in [-0.4, -0.2) is 30.2 Å². The van der Waals surface area contributed by atoms with Crippen LogP contribution in [0, 0.1) is 11.3 Å². The van der Waals surface area contributed by atoms with Crippen molar-refractivity contribution in [2.24, 2.45) is 17.1 Å². The summed E-state index contributed by atoms with van der Waals surface area (Å²) in [6.07, 6.45) is 5.01. The Bertz CT molecular complexity index is 248. The second kappa shape index (κ2) is 6.36. The maximum atomic E-state index is 11.8. The molecule has 4 N–H and O–H groups in total. The average molecular weight is 242 g/mol. The van der Waals surface area contributed by atoms with E-state index in [1.165, 1.54) is 0 Å². The third-order valence-corrected chi connectivity index (χ3v) is 3.70. The van der Waals surface area contributed by atoms with Gasteiger partial charge in [-0.2, -0.15) is 0 Å². The summed E-state index contributed by atoms with van der Waals surface area (Å²) in [6.45, 7) is 4.83. The van der Waals surface area contributed by atoms with Crippen molar-refractivity contribution >= 4 is 5.91 Å². The molecule has 1 fully saturated rings. The molecule has 0 saturated heterocycles. The van der Waals surface area contributed by atoms with E-state index in [-0.39, 0.29) is 17.9 Å². The molecule has 4 heteroatoms. The molecule has 0 aromatic carbocycles. The Kier molecular flexibility index (Phi) is 5.40. The van der Waals surface area contributed by atoms with E-state index in [1.807, 2.05) is 0 Å². The molecule has 17 heavy (non-hydrogen) atoms. The first-order valence-corrected chi connectivity index (χ1v) is 6.63. The molecule has 1 rings (SSSR count). The van der Waals surface area contributed by atoms with Gasteiger partial charge in [0.2, 0.25) is 5.91 Å². The Morgan fingerprint density at radius 1 is 1.41 bits per heavy atom. The Morgan fingerprint density at radius 3 is 2.47 bits per heavy atom. The average Bonchev–Trinajstić information content (AvgIpc) is 2.74. The third-order valence-electron chi connectivity index (χ3n) is 3.70. The molecule has 1 aliphatic carbocycles. The summed E-state index contributed by atoms with van der Waals surface area (Å²) in [5.74, 6) is 0.340. The molecule has 0 heterocycles. The van der Waals surface area contributed by atoms with E-state index in [4.69, 9.17) is 5.73 Å². The molecule has 0 spiro atoms. The van der Waals surface area contributed by atoms with Gasteiger partial charge in [0.05, 0.1) is 12.6 Å². The van der Waals surface area contributed by atoms with Gasteiger partial charge in [-0.3, -0.25) is 4.79 Å². The van der Waals surface area contributed by atoms with Crippen molar-refractivity contribution in [3.05, 3.63) is 0 Å². The molecule has 4 nitrogen and oxygen atoms in total. The summed E-state index contributed by atoms with van der Waals surface area (Å²) >= 11 is 0. The standard InChI is InChI=1S/C13H26N2O2/c1-10(2)7-11(14)12(17)15-8-13(9-16)5-3-4-6-13/h10-11,16H,3-9,14H2,1-2H3,(H,15,17). The van der Waals surface area contributed by atoms with Gasteiger partial charge in [0.25, 0.3) is 0 Å². The molecular formula is C13H26N2O2. The molecule has 1 saturated carbocycles. The van der Waals surface area contributed by atoms with Crippen LogP contribution in [0.1, 0.15) is 46.0 Å². The van der Waals surface area contributed by atoms with Gasteiger partial charge in [-0.25, -0.2) is 0 Å². The van der Waals surface area contributed by atoms with E-state index in [1.54, 1.807) is 0 Å². The molecule has 100 valence electrons. The van der Waals surface area contributed by atoms with Crippen molar-refractivity contribution in [1.29, 1.82) is 0 Å². The highest BCUT2D eigenvalue weighted by atomic mass is 16.3. The number of rotatable bonds is 6. The third kappa shape index (κ3) is 4.28. The first-order chi connectivity index (χ1) is 7.99. The molecule has 1 aliphatic rings. The minimum atomic E-state index is -0.424. The van der Waals surface area contributed by atoms with Crippen LogP contribution in [0.25, 0.3) is 0 Å². The van der Waals surface area contributed by atoms with E-state index in [0.29, 0.717) is 18.9 Å². The number of carbonyl (C=O) groups excluding carboxylic acids is 1. The van der Waals surface area contributed by atoms with Crippen molar-refractivity contribution in [2.75, 3.05) is 13.2 Å². The summed E-state index contributed by atoms with van der Waals surface area (Å²) in [4.78, 5) is 11.8.